The van der Waals surface area contributed by atoms with Gasteiger partial charge in [0.2, 0.25) is 0 Å². The van der Waals surface area contributed by atoms with E-state index in [9.17, 15) is 4.79 Å². The first kappa shape index (κ1) is 11.5. The molecule has 0 radical (unpaired) electrons. The van der Waals surface area contributed by atoms with E-state index < -0.39 is 0 Å². The lowest BCUT2D eigenvalue weighted by molar-refractivity contribution is 0.0963. The Morgan fingerprint density at radius 3 is 2.41 bits per heavy atom. The van der Waals surface area contributed by atoms with Crippen molar-refractivity contribution in [3.05, 3.63) is 48.1 Å². The van der Waals surface area contributed by atoms with Crippen LogP contribution < -0.4 is 9.47 Å². The van der Waals surface area contributed by atoms with Crippen LogP contribution in [0.1, 0.15) is 10.4 Å². The van der Waals surface area contributed by atoms with Crippen molar-refractivity contribution in [1.29, 1.82) is 0 Å². The summed E-state index contributed by atoms with van der Waals surface area (Å²) in [6.07, 6.45) is 7.48. The summed E-state index contributed by atoms with van der Waals surface area (Å²) in [4.78, 5) is 12.2. The number of hydrogen-bond acceptors (Lipinski definition) is 3. The molecule has 0 amide bonds. The fraction of sp³-hybridized carbons (Fsp3) is 0.214. The van der Waals surface area contributed by atoms with E-state index in [2.05, 4.69) is 0 Å². The van der Waals surface area contributed by atoms with Crippen molar-refractivity contribution in [2.75, 3.05) is 14.2 Å². The van der Waals surface area contributed by atoms with Gasteiger partial charge in [-0.25, -0.2) is 0 Å². The summed E-state index contributed by atoms with van der Waals surface area (Å²) >= 11 is 0. The van der Waals surface area contributed by atoms with E-state index in [0.717, 1.165) is 0 Å². The summed E-state index contributed by atoms with van der Waals surface area (Å²) in [5.74, 6) is 1.07. The Morgan fingerprint density at radius 1 is 1.12 bits per heavy atom. The summed E-state index contributed by atoms with van der Waals surface area (Å²) in [7, 11) is 3.13. The van der Waals surface area contributed by atoms with E-state index in [1.807, 2.05) is 24.3 Å². The first-order chi connectivity index (χ1) is 8.26. The molecule has 1 aromatic rings. The highest BCUT2D eigenvalue weighted by molar-refractivity contribution is 6.02. The largest absolute Gasteiger partial charge is 0.497 e. The number of carbonyl (C=O) groups is 1. The molecule has 2 rings (SSSR count). The second-order valence-corrected chi connectivity index (χ2v) is 3.73. The smallest absolute Gasteiger partial charge is 0.177 e. The average molecular weight is 230 g/mol. The van der Waals surface area contributed by atoms with Crippen LogP contribution >= 0.6 is 0 Å². The molecule has 0 saturated carbocycles. The summed E-state index contributed by atoms with van der Waals surface area (Å²) in [6, 6.07) is 5.22. The number of allylic oxidation sites excluding steroid dienone is 4. The second-order valence-electron chi connectivity index (χ2n) is 3.73. The van der Waals surface area contributed by atoms with Crippen molar-refractivity contribution in [2.24, 2.45) is 5.92 Å². The van der Waals surface area contributed by atoms with Crippen molar-refractivity contribution in [1.82, 2.24) is 0 Å². The highest BCUT2D eigenvalue weighted by Crippen LogP contribution is 2.28. The van der Waals surface area contributed by atoms with Gasteiger partial charge in [0.05, 0.1) is 25.7 Å². The number of ether oxygens (including phenoxy) is 2. The molecule has 0 spiro atoms. The predicted molar refractivity (Wildman–Crippen MR) is 65.6 cm³/mol. The molecule has 0 atom stereocenters. The summed E-state index contributed by atoms with van der Waals surface area (Å²) < 4.78 is 10.3. The molecule has 0 unspecified atom stereocenters. The summed E-state index contributed by atoms with van der Waals surface area (Å²) in [5.41, 5.74) is 0.578. The maximum atomic E-state index is 12.2. The van der Waals surface area contributed by atoms with Crippen molar-refractivity contribution < 1.29 is 14.3 Å². The zero-order valence-corrected chi connectivity index (χ0v) is 9.84. The zero-order valence-electron chi connectivity index (χ0n) is 9.84. The minimum atomic E-state index is -0.183. The number of carbonyl (C=O) groups excluding carboxylic acids is 1. The highest BCUT2D eigenvalue weighted by atomic mass is 16.5. The molecule has 0 aromatic heterocycles. The molecule has 3 heteroatoms. The van der Waals surface area contributed by atoms with E-state index >= 15 is 0 Å². The average Bonchev–Trinajstić information content (AvgIpc) is 2.91. The maximum Gasteiger partial charge on any atom is 0.177 e. The molecule has 0 saturated heterocycles. The number of hydrogen-bond donors (Lipinski definition) is 0. The van der Waals surface area contributed by atoms with Crippen LogP contribution in [0.25, 0.3) is 0 Å². The number of methoxy groups -OCH3 is 2. The van der Waals surface area contributed by atoms with Gasteiger partial charge < -0.3 is 9.47 Å². The quantitative estimate of drug-likeness (QED) is 0.746. The molecular formula is C14H14O3. The Kier molecular flexibility index (Phi) is 3.28. The molecule has 0 bridgehead atoms. The standard InChI is InChI=1S/C14H14O3/c1-16-11-7-8-12(13(9-11)17-2)14(15)10-5-3-4-6-10/h3-10H,1-2H3. The molecule has 1 aliphatic carbocycles. The van der Waals surface area contributed by atoms with Crippen LogP contribution in [-0.4, -0.2) is 20.0 Å². The molecule has 1 aromatic carbocycles. The van der Waals surface area contributed by atoms with Crippen molar-refractivity contribution >= 4 is 5.78 Å². The fourth-order valence-corrected chi connectivity index (χ4v) is 1.79. The lowest BCUT2D eigenvalue weighted by atomic mass is 9.98. The van der Waals surface area contributed by atoms with Gasteiger partial charge in [-0.3, -0.25) is 4.79 Å². The van der Waals surface area contributed by atoms with Gasteiger partial charge in [0.25, 0.3) is 0 Å². The van der Waals surface area contributed by atoms with Gasteiger partial charge in [0.1, 0.15) is 11.5 Å². The van der Waals surface area contributed by atoms with Crippen LogP contribution in [0.5, 0.6) is 11.5 Å². The van der Waals surface area contributed by atoms with E-state index in [1.165, 1.54) is 0 Å². The first-order valence-electron chi connectivity index (χ1n) is 5.37. The number of benzene rings is 1. The topological polar surface area (TPSA) is 35.5 Å². The number of rotatable bonds is 4. The summed E-state index contributed by atoms with van der Waals surface area (Å²) in [6.45, 7) is 0. The first-order valence-corrected chi connectivity index (χ1v) is 5.37. The third-order valence-corrected chi connectivity index (χ3v) is 2.72. The van der Waals surface area contributed by atoms with E-state index in [1.54, 1.807) is 32.4 Å². The molecule has 17 heavy (non-hydrogen) atoms. The van der Waals surface area contributed by atoms with Crippen molar-refractivity contribution in [2.45, 2.75) is 0 Å². The van der Waals surface area contributed by atoms with E-state index in [4.69, 9.17) is 9.47 Å². The van der Waals surface area contributed by atoms with Gasteiger partial charge in [-0.15, -0.1) is 0 Å². The molecule has 0 fully saturated rings. The van der Waals surface area contributed by atoms with Gasteiger partial charge in [-0.1, -0.05) is 24.3 Å². The molecule has 3 nitrogen and oxygen atoms in total. The molecule has 0 heterocycles. The number of Topliss-reactive ketones (excluding diaryl/α,β-unsaturated/α-hetero) is 1. The van der Waals surface area contributed by atoms with Crippen LogP contribution in [0.15, 0.2) is 42.5 Å². The monoisotopic (exact) mass is 230 g/mol. The lowest BCUT2D eigenvalue weighted by Crippen LogP contribution is -2.10. The zero-order chi connectivity index (χ0) is 12.3. The van der Waals surface area contributed by atoms with Crippen LogP contribution in [0.4, 0.5) is 0 Å². The van der Waals surface area contributed by atoms with Gasteiger partial charge >= 0.3 is 0 Å². The fourth-order valence-electron chi connectivity index (χ4n) is 1.79. The third kappa shape index (κ3) is 2.23. The normalized spacial score (nSPS) is 14.0. The van der Waals surface area contributed by atoms with Gasteiger partial charge in [-0.05, 0) is 12.1 Å². The Bertz CT molecular complexity index is 474. The second kappa shape index (κ2) is 4.87. The van der Waals surface area contributed by atoms with Crippen LogP contribution in [0.2, 0.25) is 0 Å². The highest BCUT2D eigenvalue weighted by Gasteiger charge is 2.20. The minimum Gasteiger partial charge on any atom is -0.497 e. The van der Waals surface area contributed by atoms with E-state index in [-0.39, 0.29) is 11.7 Å². The molecule has 0 aliphatic heterocycles. The minimum absolute atomic E-state index is 0.0366. The van der Waals surface area contributed by atoms with E-state index in [0.29, 0.717) is 17.1 Å². The Labute approximate surface area is 100 Å². The predicted octanol–water partition coefficient (Wildman–Crippen LogP) is 2.63. The molecule has 88 valence electrons. The van der Waals surface area contributed by atoms with Gasteiger partial charge in [-0.2, -0.15) is 0 Å². The molecule has 1 aliphatic rings. The summed E-state index contributed by atoms with van der Waals surface area (Å²) in [5, 5.41) is 0. The maximum absolute atomic E-state index is 12.2. The van der Waals surface area contributed by atoms with Gasteiger partial charge in [0.15, 0.2) is 5.78 Å². The Morgan fingerprint density at radius 2 is 1.82 bits per heavy atom. The Balaban J connectivity index is 2.34. The lowest BCUT2D eigenvalue weighted by Gasteiger charge is -2.11. The van der Waals surface area contributed by atoms with Crippen molar-refractivity contribution in [3.8, 4) is 11.5 Å². The van der Waals surface area contributed by atoms with Crippen LogP contribution in [-0.2, 0) is 0 Å². The van der Waals surface area contributed by atoms with Crippen molar-refractivity contribution in [3.63, 3.8) is 0 Å². The number of ketones is 1. The van der Waals surface area contributed by atoms with Crippen LogP contribution in [0, 0.1) is 5.92 Å². The molecular weight excluding hydrogens is 216 g/mol. The Hall–Kier alpha value is -2.03. The van der Waals surface area contributed by atoms with Gasteiger partial charge in [0, 0.05) is 6.07 Å². The SMILES string of the molecule is COc1ccc(C(=O)C2C=CC=C2)c(OC)c1. The van der Waals surface area contributed by atoms with Crippen LogP contribution in [0.3, 0.4) is 0 Å². The molecule has 0 N–H and O–H groups in total. The third-order valence-electron chi connectivity index (χ3n) is 2.72.